The fraction of sp³-hybridized carbons (Fsp3) is 0.500. The molecule has 0 aliphatic carbocycles. The maximum absolute atomic E-state index is 12.6. The van der Waals surface area contributed by atoms with Crippen molar-refractivity contribution in [1.29, 1.82) is 0 Å². The van der Waals surface area contributed by atoms with Gasteiger partial charge in [0.2, 0.25) is 23.6 Å². The maximum Gasteiger partial charge on any atom is 0.326 e. The highest BCUT2D eigenvalue weighted by Gasteiger charge is 2.32. The van der Waals surface area contributed by atoms with Crippen molar-refractivity contribution in [3.8, 4) is 5.75 Å². The number of phenols is 1. The first-order valence-electron chi connectivity index (χ1n) is 11.0. The molecule has 0 saturated heterocycles. The molecule has 194 valence electrons. The van der Waals surface area contributed by atoms with Gasteiger partial charge in [0.15, 0.2) is 0 Å². The Kier molecular flexibility index (Phi) is 11.6. The van der Waals surface area contributed by atoms with E-state index in [9.17, 15) is 39.3 Å². The van der Waals surface area contributed by atoms with Gasteiger partial charge < -0.3 is 42.7 Å². The van der Waals surface area contributed by atoms with E-state index in [0.717, 1.165) is 0 Å². The normalized spacial score (nSPS) is 15.1. The van der Waals surface area contributed by atoms with E-state index < -0.39 is 72.7 Å². The van der Waals surface area contributed by atoms with Gasteiger partial charge in [-0.2, -0.15) is 0 Å². The summed E-state index contributed by atoms with van der Waals surface area (Å²) in [7, 11) is 0. The molecule has 13 nitrogen and oxygen atoms in total. The number of carbonyl (C=O) groups is 5. The first-order valence-corrected chi connectivity index (χ1v) is 11.0. The molecule has 0 spiro atoms. The standard InChI is InChI=1S/C22H33N5O8/c1-3-11(2)18(22(34)35)27-20(32)15(9-17(24)30)25-21(33)16(10-28)26-19(31)14(23)8-12-4-6-13(29)7-5-12/h4-7,11,14-16,18,28-29H,3,8-10,23H2,1-2H3,(H2,24,30)(H,25,33)(H,26,31)(H,27,32)(H,34,35). The molecule has 1 aromatic rings. The Bertz CT molecular complexity index is 908. The molecule has 0 saturated carbocycles. The predicted molar refractivity (Wildman–Crippen MR) is 124 cm³/mol. The third-order valence-corrected chi connectivity index (χ3v) is 5.36. The van der Waals surface area contributed by atoms with Crippen molar-refractivity contribution in [2.75, 3.05) is 6.61 Å². The quantitative estimate of drug-likeness (QED) is 0.138. The molecular weight excluding hydrogens is 462 g/mol. The van der Waals surface area contributed by atoms with Crippen molar-refractivity contribution in [2.45, 2.75) is 57.3 Å². The second kappa shape index (κ2) is 13.9. The number of carboxylic acid groups (broad SMARTS) is 1. The number of hydrogen-bond donors (Lipinski definition) is 8. The number of aliphatic carboxylic acids is 1. The topological polar surface area (TPSA) is 234 Å². The van der Waals surface area contributed by atoms with Crippen LogP contribution in [0.15, 0.2) is 24.3 Å². The highest BCUT2D eigenvalue weighted by atomic mass is 16.4. The van der Waals surface area contributed by atoms with Crippen LogP contribution in [0.5, 0.6) is 5.75 Å². The van der Waals surface area contributed by atoms with Crippen molar-refractivity contribution in [3.05, 3.63) is 29.8 Å². The molecule has 0 fully saturated rings. The van der Waals surface area contributed by atoms with E-state index in [4.69, 9.17) is 11.5 Å². The number of amides is 4. The molecule has 0 aliphatic rings. The monoisotopic (exact) mass is 495 g/mol. The van der Waals surface area contributed by atoms with E-state index in [1.165, 1.54) is 12.1 Å². The number of nitrogens with one attached hydrogen (secondary N) is 3. The van der Waals surface area contributed by atoms with Gasteiger partial charge in [0, 0.05) is 0 Å². The minimum atomic E-state index is -1.54. The fourth-order valence-corrected chi connectivity index (χ4v) is 3.07. The Hall–Kier alpha value is -3.71. The summed E-state index contributed by atoms with van der Waals surface area (Å²) in [5.41, 5.74) is 11.7. The van der Waals surface area contributed by atoms with Crippen LogP contribution in [0.3, 0.4) is 0 Å². The lowest BCUT2D eigenvalue weighted by Crippen LogP contribution is -2.59. The van der Waals surface area contributed by atoms with Crippen molar-refractivity contribution in [1.82, 2.24) is 16.0 Å². The molecule has 0 aromatic heterocycles. The maximum atomic E-state index is 12.6. The number of phenolic OH excluding ortho intramolecular Hbond substituents is 1. The smallest absolute Gasteiger partial charge is 0.326 e. The second-order valence-electron chi connectivity index (χ2n) is 8.16. The number of rotatable bonds is 14. The lowest BCUT2D eigenvalue weighted by molar-refractivity contribution is -0.144. The van der Waals surface area contributed by atoms with Gasteiger partial charge in [-0.05, 0) is 30.0 Å². The van der Waals surface area contributed by atoms with E-state index in [2.05, 4.69) is 16.0 Å². The Labute approximate surface area is 202 Å². The Morgan fingerprint density at radius 1 is 0.943 bits per heavy atom. The van der Waals surface area contributed by atoms with Crippen LogP contribution in [0.1, 0.15) is 32.3 Å². The van der Waals surface area contributed by atoms with Crippen molar-refractivity contribution in [2.24, 2.45) is 17.4 Å². The zero-order valence-corrected chi connectivity index (χ0v) is 19.6. The molecule has 5 unspecified atom stereocenters. The van der Waals surface area contributed by atoms with E-state index in [1.54, 1.807) is 26.0 Å². The highest BCUT2D eigenvalue weighted by Crippen LogP contribution is 2.11. The average Bonchev–Trinajstić information content (AvgIpc) is 2.80. The van der Waals surface area contributed by atoms with Crippen LogP contribution in [0.2, 0.25) is 0 Å². The van der Waals surface area contributed by atoms with Gasteiger partial charge in [0.05, 0.1) is 19.1 Å². The van der Waals surface area contributed by atoms with Gasteiger partial charge in [0.25, 0.3) is 0 Å². The minimum absolute atomic E-state index is 0.0390. The third-order valence-electron chi connectivity index (χ3n) is 5.36. The van der Waals surface area contributed by atoms with Crippen LogP contribution in [0, 0.1) is 5.92 Å². The first-order chi connectivity index (χ1) is 16.4. The number of aliphatic hydroxyl groups is 1. The minimum Gasteiger partial charge on any atom is -0.508 e. The highest BCUT2D eigenvalue weighted by molar-refractivity contribution is 5.96. The summed E-state index contributed by atoms with van der Waals surface area (Å²) in [6.45, 7) is 2.49. The van der Waals surface area contributed by atoms with Gasteiger partial charge in [-0.3, -0.25) is 19.2 Å². The summed E-state index contributed by atoms with van der Waals surface area (Å²) < 4.78 is 0. The number of primary amides is 1. The number of benzene rings is 1. The Balaban J connectivity index is 2.86. The molecule has 35 heavy (non-hydrogen) atoms. The van der Waals surface area contributed by atoms with E-state index in [1.807, 2.05) is 0 Å². The summed E-state index contributed by atoms with van der Waals surface area (Å²) in [6, 6.07) is 0.548. The van der Waals surface area contributed by atoms with Crippen molar-refractivity contribution in [3.63, 3.8) is 0 Å². The summed E-state index contributed by atoms with van der Waals surface area (Å²) >= 11 is 0. The zero-order chi connectivity index (χ0) is 26.7. The summed E-state index contributed by atoms with van der Waals surface area (Å²) in [4.78, 5) is 60.6. The average molecular weight is 496 g/mol. The number of carboxylic acids is 1. The predicted octanol–water partition coefficient (Wildman–Crippen LogP) is -2.29. The SMILES string of the molecule is CCC(C)C(NC(=O)C(CC(N)=O)NC(=O)C(CO)NC(=O)C(N)Cc1ccc(O)cc1)C(=O)O. The molecule has 10 N–H and O–H groups in total. The summed E-state index contributed by atoms with van der Waals surface area (Å²) in [5, 5.41) is 35.0. The molecule has 0 heterocycles. The van der Waals surface area contributed by atoms with Crippen LogP contribution >= 0.6 is 0 Å². The molecule has 1 aromatic carbocycles. The number of aromatic hydroxyl groups is 1. The van der Waals surface area contributed by atoms with Crippen LogP contribution in [0.25, 0.3) is 0 Å². The summed E-state index contributed by atoms with van der Waals surface area (Å²) in [6.07, 6.45) is -0.130. The number of aliphatic hydroxyl groups excluding tert-OH is 1. The van der Waals surface area contributed by atoms with E-state index >= 15 is 0 Å². The van der Waals surface area contributed by atoms with E-state index in [0.29, 0.717) is 12.0 Å². The van der Waals surface area contributed by atoms with Crippen LogP contribution in [0.4, 0.5) is 0 Å². The van der Waals surface area contributed by atoms with Crippen LogP contribution < -0.4 is 27.4 Å². The van der Waals surface area contributed by atoms with E-state index in [-0.39, 0.29) is 12.2 Å². The largest absolute Gasteiger partial charge is 0.508 e. The molecule has 5 atom stereocenters. The van der Waals surface area contributed by atoms with Crippen LogP contribution in [-0.2, 0) is 30.4 Å². The molecule has 0 radical (unpaired) electrons. The van der Waals surface area contributed by atoms with Gasteiger partial charge in [-0.25, -0.2) is 4.79 Å². The van der Waals surface area contributed by atoms with Gasteiger partial charge in [0.1, 0.15) is 23.9 Å². The number of nitrogens with two attached hydrogens (primary N) is 2. The molecule has 0 bridgehead atoms. The lowest BCUT2D eigenvalue weighted by atomic mass is 9.98. The Morgan fingerprint density at radius 3 is 1.97 bits per heavy atom. The van der Waals surface area contributed by atoms with Crippen molar-refractivity contribution >= 4 is 29.6 Å². The molecule has 0 aliphatic heterocycles. The lowest BCUT2D eigenvalue weighted by Gasteiger charge is -2.25. The molecule has 4 amide bonds. The summed E-state index contributed by atoms with van der Waals surface area (Å²) in [5.74, 6) is -5.38. The first kappa shape index (κ1) is 29.3. The van der Waals surface area contributed by atoms with Gasteiger partial charge in [-0.1, -0.05) is 32.4 Å². The Morgan fingerprint density at radius 2 is 1.49 bits per heavy atom. The third kappa shape index (κ3) is 9.59. The molecule has 13 heteroatoms. The molecular formula is C22H33N5O8. The fourth-order valence-electron chi connectivity index (χ4n) is 3.07. The van der Waals surface area contributed by atoms with Crippen molar-refractivity contribution < 1.29 is 39.3 Å². The van der Waals surface area contributed by atoms with Gasteiger partial charge >= 0.3 is 5.97 Å². The van der Waals surface area contributed by atoms with Crippen LogP contribution in [-0.4, -0.2) is 75.7 Å². The second-order valence-corrected chi connectivity index (χ2v) is 8.16. The number of carbonyl (C=O) groups excluding carboxylic acids is 4. The molecule has 1 rings (SSSR count). The van der Waals surface area contributed by atoms with Gasteiger partial charge in [-0.15, -0.1) is 0 Å². The zero-order valence-electron chi connectivity index (χ0n) is 19.6. The number of hydrogen-bond acceptors (Lipinski definition) is 8.